The van der Waals surface area contributed by atoms with E-state index >= 15 is 0 Å². The topological polar surface area (TPSA) is 17.1 Å². The first-order valence-electron chi connectivity index (χ1n) is 8.53. The summed E-state index contributed by atoms with van der Waals surface area (Å²) in [6, 6.07) is 17.0. The van der Waals surface area contributed by atoms with Gasteiger partial charge >= 0.3 is 0 Å². The zero-order chi connectivity index (χ0) is 15.9. The van der Waals surface area contributed by atoms with Crippen molar-refractivity contribution in [1.29, 1.82) is 0 Å². The van der Waals surface area contributed by atoms with Gasteiger partial charge in [-0.2, -0.15) is 0 Å². The van der Waals surface area contributed by atoms with Gasteiger partial charge in [0, 0.05) is 15.5 Å². The summed E-state index contributed by atoms with van der Waals surface area (Å²) in [7, 11) is 0. The van der Waals surface area contributed by atoms with Crippen LogP contribution in [0.1, 0.15) is 47.2 Å². The third-order valence-corrected chi connectivity index (χ3v) is 6.25. The van der Waals surface area contributed by atoms with Crippen LogP contribution in [0.25, 0.3) is 0 Å². The van der Waals surface area contributed by atoms with Crippen molar-refractivity contribution in [3.05, 3.63) is 69.7 Å². The fourth-order valence-electron chi connectivity index (χ4n) is 4.43. The van der Waals surface area contributed by atoms with Crippen molar-refractivity contribution in [3.63, 3.8) is 0 Å². The molecule has 2 heteroatoms. The number of carbonyl (C=O) groups excluding carboxylic acids is 1. The van der Waals surface area contributed by atoms with Gasteiger partial charge in [0.1, 0.15) is 0 Å². The van der Waals surface area contributed by atoms with E-state index in [1.54, 1.807) is 0 Å². The number of rotatable bonds is 2. The van der Waals surface area contributed by atoms with E-state index in [0.29, 0.717) is 5.78 Å². The Morgan fingerprint density at radius 1 is 1.04 bits per heavy atom. The van der Waals surface area contributed by atoms with Crippen LogP contribution in [-0.2, 0) is 12.8 Å². The van der Waals surface area contributed by atoms with Crippen LogP contribution >= 0.6 is 15.9 Å². The highest BCUT2D eigenvalue weighted by molar-refractivity contribution is 9.10. The monoisotopic (exact) mass is 368 g/mol. The van der Waals surface area contributed by atoms with Crippen molar-refractivity contribution in [3.8, 4) is 0 Å². The van der Waals surface area contributed by atoms with Crippen LogP contribution < -0.4 is 0 Å². The molecule has 2 aromatic rings. The Morgan fingerprint density at radius 3 is 2.52 bits per heavy atom. The molecule has 1 fully saturated rings. The van der Waals surface area contributed by atoms with Gasteiger partial charge in [0.25, 0.3) is 0 Å². The van der Waals surface area contributed by atoms with E-state index in [4.69, 9.17) is 0 Å². The lowest BCUT2D eigenvalue weighted by Crippen LogP contribution is -2.33. The molecule has 0 radical (unpaired) electrons. The largest absolute Gasteiger partial charge is 0.294 e. The highest BCUT2D eigenvalue weighted by atomic mass is 79.9. The fraction of sp³-hybridized carbons (Fsp3) is 0.381. The minimum absolute atomic E-state index is 0.101. The lowest BCUT2D eigenvalue weighted by atomic mass is 9.67. The molecular weight excluding hydrogens is 348 g/mol. The smallest absolute Gasteiger partial charge is 0.169 e. The Kier molecular flexibility index (Phi) is 3.88. The molecule has 0 unspecified atom stereocenters. The van der Waals surface area contributed by atoms with Gasteiger partial charge in [0.05, 0.1) is 0 Å². The molecule has 2 aliphatic rings. The zero-order valence-electron chi connectivity index (χ0n) is 13.2. The second kappa shape index (κ2) is 5.90. The summed E-state index contributed by atoms with van der Waals surface area (Å²) in [5, 5.41) is 0. The van der Waals surface area contributed by atoms with Crippen molar-refractivity contribution in [2.24, 2.45) is 11.3 Å². The number of hydrogen-bond donors (Lipinski definition) is 0. The second-order valence-corrected chi connectivity index (χ2v) is 8.14. The van der Waals surface area contributed by atoms with E-state index in [1.165, 1.54) is 24.0 Å². The van der Waals surface area contributed by atoms with E-state index in [2.05, 4.69) is 58.4 Å². The Morgan fingerprint density at radius 2 is 1.78 bits per heavy atom. The maximum Gasteiger partial charge on any atom is 0.169 e. The molecule has 0 amide bonds. The van der Waals surface area contributed by atoms with Crippen LogP contribution in [0.5, 0.6) is 0 Å². The van der Waals surface area contributed by atoms with Crippen LogP contribution in [0.2, 0.25) is 0 Å². The van der Waals surface area contributed by atoms with Gasteiger partial charge in [-0.05, 0) is 67.7 Å². The number of Topliss-reactive ketones (excluding diaryl/α,β-unsaturated/α-hetero) is 1. The maximum absolute atomic E-state index is 13.0. The molecule has 1 nitrogen and oxygen atoms in total. The van der Waals surface area contributed by atoms with E-state index in [9.17, 15) is 4.79 Å². The third kappa shape index (κ3) is 2.78. The number of halogens is 1. The van der Waals surface area contributed by atoms with Crippen molar-refractivity contribution in [1.82, 2.24) is 0 Å². The first kappa shape index (κ1) is 15.1. The second-order valence-electron chi connectivity index (χ2n) is 7.22. The summed E-state index contributed by atoms with van der Waals surface area (Å²) in [5.41, 5.74) is 3.54. The Hall–Kier alpha value is -1.41. The number of carbonyl (C=O) groups is 1. The molecule has 4 rings (SSSR count). The molecule has 1 spiro atoms. The molecule has 1 saturated carbocycles. The molecule has 2 aliphatic carbocycles. The van der Waals surface area contributed by atoms with Gasteiger partial charge in [0.15, 0.2) is 5.78 Å². The number of ketones is 1. The summed E-state index contributed by atoms with van der Waals surface area (Å²) in [4.78, 5) is 13.0. The quantitative estimate of drug-likeness (QED) is 0.673. The van der Waals surface area contributed by atoms with Crippen LogP contribution in [-0.4, -0.2) is 5.78 Å². The molecule has 0 heterocycles. The molecule has 23 heavy (non-hydrogen) atoms. The van der Waals surface area contributed by atoms with E-state index in [0.717, 1.165) is 41.6 Å². The Labute approximate surface area is 146 Å². The van der Waals surface area contributed by atoms with Gasteiger partial charge in [-0.15, -0.1) is 0 Å². The molecule has 0 aromatic heterocycles. The van der Waals surface area contributed by atoms with Gasteiger partial charge < -0.3 is 0 Å². The fourth-order valence-corrected chi connectivity index (χ4v) is 4.79. The maximum atomic E-state index is 13.0. The van der Waals surface area contributed by atoms with Crippen LogP contribution in [0.15, 0.2) is 53.0 Å². The summed E-state index contributed by atoms with van der Waals surface area (Å²) >= 11 is 3.50. The SMILES string of the molecule is O=C1c2cc(Br)ccc2CC12CCC(Cc1ccccc1)CC2. The van der Waals surface area contributed by atoms with Gasteiger partial charge in [-0.25, -0.2) is 0 Å². The molecular formula is C21H21BrO. The molecule has 0 atom stereocenters. The average molecular weight is 369 g/mol. The molecule has 0 saturated heterocycles. The molecule has 0 N–H and O–H groups in total. The zero-order valence-corrected chi connectivity index (χ0v) is 14.8. The third-order valence-electron chi connectivity index (χ3n) is 5.76. The standard InChI is InChI=1S/C21H21BrO/c22-18-7-6-17-14-21(20(23)19(17)13-18)10-8-16(9-11-21)12-15-4-2-1-3-5-15/h1-7,13,16H,8-12,14H2. The van der Waals surface area contributed by atoms with E-state index in [1.807, 2.05) is 6.07 Å². The van der Waals surface area contributed by atoms with Gasteiger partial charge in [-0.1, -0.05) is 52.3 Å². The van der Waals surface area contributed by atoms with E-state index < -0.39 is 0 Å². The minimum atomic E-state index is -0.101. The molecule has 2 aromatic carbocycles. The highest BCUT2D eigenvalue weighted by Gasteiger charge is 2.47. The predicted octanol–water partition coefficient (Wildman–Crippen LogP) is 5.61. The van der Waals surface area contributed by atoms with Crippen molar-refractivity contribution < 1.29 is 4.79 Å². The average Bonchev–Trinajstić information content (AvgIpc) is 2.83. The number of hydrogen-bond acceptors (Lipinski definition) is 1. The van der Waals surface area contributed by atoms with Crippen molar-refractivity contribution in [2.45, 2.75) is 38.5 Å². The Bertz CT molecular complexity index is 727. The lowest BCUT2D eigenvalue weighted by Gasteiger charge is -2.36. The van der Waals surface area contributed by atoms with Crippen molar-refractivity contribution in [2.75, 3.05) is 0 Å². The molecule has 0 aliphatic heterocycles. The number of fused-ring (bicyclic) bond motifs is 1. The molecule has 118 valence electrons. The van der Waals surface area contributed by atoms with Crippen LogP contribution in [0.3, 0.4) is 0 Å². The van der Waals surface area contributed by atoms with Gasteiger partial charge in [-0.3, -0.25) is 4.79 Å². The molecule has 0 bridgehead atoms. The summed E-state index contributed by atoms with van der Waals surface area (Å²) < 4.78 is 1.01. The normalized spacial score (nSPS) is 26.5. The highest BCUT2D eigenvalue weighted by Crippen LogP contribution is 2.49. The summed E-state index contributed by atoms with van der Waals surface area (Å²) in [5.74, 6) is 1.12. The Balaban J connectivity index is 1.47. The van der Waals surface area contributed by atoms with E-state index in [-0.39, 0.29) is 5.41 Å². The van der Waals surface area contributed by atoms with Crippen molar-refractivity contribution >= 4 is 21.7 Å². The minimum Gasteiger partial charge on any atom is -0.294 e. The lowest BCUT2D eigenvalue weighted by molar-refractivity contribution is 0.0705. The summed E-state index contributed by atoms with van der Waals surface area (Å²) in [6.07, 6.45) is 6.56. The van der Waals surface area contributed by atoms with Crippen LogP contribution in [0, 0.1) is 11.3 Å². The van der Waals surface area contributed by atoms with Gasteiger partial charge in [0.2, 0.25) is 0 Å². The van der Waals surface area contributed by atoms with Crippen LogP contribution in [0.4, 0.5) is 0 Å². The number of benzene rings is 2. The first-order valence-corrected chi connectivity index (χ1v) is 9.33. The first-order chi connectivity index (χ1) is 11.2. The predicted molar refractivity (Wildman–Crippen MR) is 96.7 cm³/mol. The summed E-state index contributed by atoms with van der Waals surface area (Å²) in [6.45, 7) is 0.